The van der Waals surface area contributed by atoms with E-state index in [2.05, 4.69) is 5.32 Å². The van der Waals surface area contributed by atoms with Crippen molar-refractivity contribution in [1.82, 2.24) is 5.32 Å². The van der Waals surface area contributed by atoms with Crippen LogP contribution in [0.2, 0.25) is 0 Å². The van der Waals surface area contributed by atoms with Crippen LogP contribution in [-0.2, 0) is 0 Å². The Morgan fingerprint density at radius 3 is 2.29 bits per heavy atom. The third-order valence-electron chi connectivity index (χ3n) is 3.66. The van der Waals surface area contributed by atoms with Gasteiger partial charge in [-0.3, -0.25) is 0 Å². The zero-order chi connectivity index (χ0) is 12.8. The number of unbranched alkanes of at least 4 members (excludes halogenated alkanes) is 1. The van der Waals surface area contributed by atoms with Gasteiger partial charge in [0, 0.05) is 13.0 Å². The van der Waals surface area contributed by atoms with E-state index in [4.69, 9.17) is 5.73 Å². The molecule has 0 aromatic heterocycles. The minimum Gasteiger partial charge on any atom is -0.330 e. The number of alkyl halides is 3. The topological polar surface area (TPSA) is 38.0 Å². The highest BCUT2D eigenvalue weighted by Gasteiger charge is 2.31. The van der Waals surface area contributed by atoms with Crippen LogP contribution in [0.25, 0.3) is 0 Å². The van der Waals surface area contributed by atoms with Crippen LogP contribution in [0.15, 0.2) is 0 Å². The number of hydrogen-bond donors (Lipinski definition) is 2. The maximum absolute atomic E-state index is 11.9. The molecule has 0 aromatic rings. The van der Waals surface area contributed by atoms with E-state index < -0.39 is 12.6 Å². The molecule has 1 saturated carbocycles. The molecule has 2 nitrogen and oxygen atoms in total. The first kappa shape index (κ1) is 14.8. The highest BCUT2D eigenvalue weighted by Crippen LogP contribution is 2.36. The summed E-state index contributed by atoms with van der Waals surface area (Å²) in [6, 6.07) is 0. The number of nitrogens with two attached hydrogens (primary N) is 1. The van der Waals surface area contributed by atoms with Gasteiger partial charge in [-0.05, 0) is 44.2 Å². The first-order valence-electron chi connectivity index (χ1n) is 6.45. The van der Waals surface area contributed by atoms with Gasteiger partial charge in [0.05, 0.1) is 0 Å². The average molecular weight is 252 g/mol. The monoisotopic (exact) mass is 252 g/mol. The summed E-state index contributed by atoms with van der Waals surface area (Å²) < 4.78 is 35.7. The van der Waals surface area contributed by atoms with Crippen molar-refractivity contribution in [2.24, 2.45) is 11.1 Å². The summed E-state index contributed by atoms with van der Waals surface area (Å²) in [7, 11) is 0. The van der Waals surface area contributed by atoms with Crippen molar-refractivity contribution in [3.63, 3.8) is 0 Å². The van der Waals surface area contributed by atoms with Gasteiger partial charge in [-0.1, -0.05) is 12.8 Å². The summed E-state index contributed by atoms with van der Waals surface area (Å²) in [6.07, 6.45) is 0.880. The van der Waals surface area contributed by atoms with Gasteiger partial charge in [0.1, 0.15) is 0 Å². The fraction of sp³-hybridized carbons (Fsp3) is 1.00. The predicted octanol–water partition coefficient (Wildman–Crippen LogP) is 2.83. The molecule has 0 unspecified atom stereocenters. The molecule has 17 heavy (non-hydrogen) atoms. The molecule has 0 amide bonds. The molecule has 0 heterocycles. The van der Waals surface area contributed by atoms with Crippen molar-refractivity contribution in [1.29, 1.82) is 0 Å². The lowest BCUT2D eigenvalue weighted by Crippen LogP contribution is -2.38. The van der Waals surface area contributed by atoms with Crippen molar-refractivity contribution in [2.75, 3.05) is 19.6 Å². The Bertz CT molecular complexity index is 210. The van der Waals surface area contributed by atoms with E-state index in [9.17, 15) is 13.2 Å². The van der Waals surface area contributed by atoms with Crippen LogP contribution in [0.4, 0.5) is 13.2 Å². The average Bonchev–Trinajstić information content (AvgIpc) is 2.71. The van der Waals surface area contributed by atoms with Crippen LogP contribution >= 0.6 is 0 Å². The third-order valence-corrected chi connectivity index (χ3v) is 3.66. The Kier molecular flexibility index (Phi) is 5.73. The summed E-state index contributed by atoms with van der Waals surface area (Å²) in [5.41, 5.74) is 5.99. The van der Waals surface area contributed by atoms with E-state index in [-0.39, 0.29) is 11.8 Å². The first-order valence-corrected chi connectivity index (χ1v) is 6.45. The van der Waals surface area contributed by atoms with Crippen molar-refractivity contribution in [2.45, 2.75) is 51.1 Å². The quantitative estimate of drug-likeness (QED) is 0.684. The van der Waals surface area contributed by atoms with E-state index >= 15 is 0 Å². The van der Waals surface area contributed by atoms with Gasteiger partial charge in [-0.25, -0.2) is 0 Å². The van der Waals surface area contributed by atoms with Gasteiger partial charge in [0.2, 0.25) is 0 Å². The van der Waals surface area contributed by atoms with Gasteiger partial charge in [0.25, 0.3) is 0 Å². The maximum Gasteiger partial charge on any atom is 0.389 e. The Hall–Kier alpha value is -0.290. The second-order valence-electron chi connectivity index (χ2n) is 5.16. The highest BCUT2D eigenvalue weighted by atomic mass is 19.4. The fourth-order valence-electron chi connectivity index (χ4n) is 2.51. The number of rotatable bonds is 7. The normalized spacial score (nSPS) is 19.8. The Balaban J connectivity index is 2.04. The summed E-state index contributed by atoms with van der Waals surface area (Å²) in [4.78, 5) is 0. The highest BCUT2D eigenvalue weighted by molar-refractivity contribution is 4.87. The minimum atomic E-state index is -4.01. The molecule has 1 fully saturated rings. The molecular formula is C12H23F3N2. The smallest absolute Gasteiger partial charge is 0.330 e. The van der Waals surface area contributed by atoms with Gasteiger partial charge in [0.15, 0.2) is 0 Å². The van der Waals surface area contributed by atoms with Gasteiger partial charge in [-0.15, -0.1) is 0 Å². The Labute approximate surface area is 101 Å². The van der Waals surface area contributed by atoms with E-state index in [0.717, 1.165) is 19.4 Å². The molecule has 102 valence electrons. The SMILES string of the molecule is NCC1(CNCCCCC(F)(F)F)CCCC1. The molecule has 0 saturated heterocycles. The molecular weight excluding hydrogens is 229 g/mol. The molecule has 1 aliphatic carbocycles. The van der Waals surface area contributed by atoms with Crippen molar-refractivity contribution in [3.05, 3.63) is 0 Å². The van der Waals surface area contributed by atoms with Crippen LogP contribution < -0.4 is 11.1 Å². The van der Waals surface area contributed by atoms with Crippen LogP contribution in [-0.4, -0.2) is 25.8 Å². The van der Waals surface area contributed by atoms with Crippen molar-refractivity contribution >= 4 is 0 Å². The van der Waals surface area contributed by atoms with Gasteiger partial charge < -0.3 is 11.1 Å². The first-order chi connectivity index (χ1) is 7.97. The standard InChI is InChI=1S/C12H23F3N2/c13-12(14,15)7-3-4-8-17-10-11(9-16)5-1-2-6-11/h17H,1-10,16H2. The Morgan fingerprint density at radius 1 is 1.12 bits per heavy atom. The van der Waals surface area contributed by atoms with E-state index in [0.29, 0.717) is 19.5 Å². The molecule has 1 rings (SSSR count). The molecule has 0 bridgehead atoms. The molecule has 0 aliphatic heterocycles. The zero-order valence-electron chi connectivity index (χ0n) is 10.3. The molecule has 5 heteroatoms. The number of halogens is 3. The third kappa shape index (κ3) is 5.73. The summed E-state index contributed by atoms with van der Waals surface area (Å²) in [6.45, 7) is 2.20. The molecule has 1 aliphatic rings. The van der Waals surface area contributed by atoms with Crippen LogP contribution in [0, 0.1) is 5.41 Å². The van der Waals surface area contributed by atoms with E-state index in [1.807, 2.05) is 0 Å². The van der Waals surface area contributed by atoms with Crippen LogP contribution in [0.1, 0.15) is 44.9 Å². The summed E-state index contributed by atoms with van der Waals surface area (Å²) in [5, 5.41) is 3.26. The molecule has 0 spiro atoms. The lowest BCUT2D eigenvalue weighted by Gasteiger charge is -2.27. The second-order valence-corrected chi connectivity index (χ2v) is 5.16. The lowest BCUT2D eigenvalue weighted by atomic mass is 9.86. The lowest BCUT2D eigenvalue weighted by molar-refractivity contribution is -0.135. The van der Waals surface area contributed by atoms with Crippen LogP contribution in [0.3, 0.4) is 0 Å². The largest absolute Gasteiger partial charge is 0.389 e. The number of hydrogen-bond acceptors (Lipinski definition) is 2. The van der Waals surface area contributed by atoms with Crippen molar-refractivity contribution in [3.8, 4) is 0 Å². The van der Waals surface area contributed by atoms with Crippen molar-refractivity contribution < 1.29 is 13.2 Å². The predicted molar refractivity (Wildman–Crippen MR) is 62.7 cm³/mol. The number of nitrogens with one attached hydrogen (secondary N) is 1. The zero-order valence-corrected chi connectivity index (χ0v) is 10.3. The molecule has 0 aromatic carbocycles. The molecule has 0 atom stereocenters. The van der Waals surface area contributed by atoms with E-state index in [1.54, 1.807) is 0 Å². The van der Waals surface area contributed by atoms with E-state index in [1.165, 1.54) is 12.8 Å². The van der Waals surface area contributed by atoms with Gasteiger partial charge in [-0.2, -0.15) is 13.2 Å². The molecule has 3 N–H and O–H groups in total. The Morgan fingerprint density at radius 2 is 1.76 bits per heavy atom. The molecule has 0 radical (unpaired) electrons. The minimum absolute atomic E-state index is 0.212. The van der Waals surface area contributed by atoms with Crippen LogP contribution in [0.5, 0.6) is 0 Å². The summed E-state index contributed by atoms with van der Waals surface area (Å²) in [5.74, 6) is 0. The summed E-state index contributed by atoms with van der Waals surface area (Å²) >= 11 is 0. The fourth-order valence-corrected chi connectivity index (χ4v) is 2.51. The maximum atomic E-state index is 11.9. The second kappa shape index (κ2) is 6.59. The van der Waals surface area contributed by atoms with Gasteiger partial charge >= 0.3 is 6.18 Å².